The molecular weight excluding hydrogens is 452 g/mol. The van der Waals surface area contributed by atoms with Crippen molar-refractivity contribution < 1.29 is 9.59 Å². The second-order valence-electron chi connectivity index (χ2n) is 8.18. The van der Waals surface area contributed by atoms with Crippen LogP contribution >= 0.6 is 0 Å². The maximum Gasteiger partial charge on any atom is 0.318 e. The summed E-state index contributed by atoms with van der Waals surface area (Å²) < 4.78 is 1.81. The minimum Gasteiger partial charge on any atom is -0.341 e. The fourth-order valence-corrected chi connectivity index (χ4v) is 3.89. The summed E-state index contributed by atoms with van der Waals surface area (Å²) in [6, 6.07) is 28.2. The fraction of sp³-hybridized carbons (Fsp3) is 0.0714. The number of amides is 3. The molecule has 0 bridgehead atoms. The predicted molar refractivity (Wildman–Crippen MR) is 141 cm³/mol. The number of hydrogen-bond acceptors (Lipinski definition) is 4. The molecule has 3 N–H and O–H groups in total. The molecule has 0 atom stereocenters. The Kier molecular flexibility index (Phi) is 6.40. The molecule has 3 amide bonds. The molecule has 0 aliphatic rings. The third-order valence-corrected chi connectivity index (χ3v) is 5.73. The van der Waals surface area contributed by atoms with Crippen molar-refractivity contribution in [1.29, 1.82) is 0 Å². The van der Waals surface area contributed by atoms with Gasteiger partial charge in [0.25, 0.3) is 5.91 Å². The molecule has 2 aromatic heterocycles. The lowest BCUT2D eigenvalue weighted by Crippen LogP contribution is -2.24. The average molecular weight is 477 g/mol. The van der Waals surface area contributed by atoms with Gasteiger partial charge < -0.3 is 16.0 Å². The van der Waals surface area contributed by atoms with Gasteiger partial charge in [-0.3, -0.25) is 4.79 Å². The number of nitrogens with one attached hydrogen (secondary N) is 3. The SMILES string of the molecule is CNC(=O)Nc1ccc(NC(=O)c2cc(-c3ccccc3)nc3c2cnn3Cc2ccccc2)cc1. The summed E-state index contributed by atoms with van der Waals surface area (Å²) in [6.45, 7) is 0.538. The van der Waals surface area contributed by atoms with Crippen LogP contribution in [0, 0.1) is 0 Å². The van der Waals surface area contributed by atoms with Gasteiger partial charge >= 0.3 is 6.03 Å². The molecule has 5 aromatic rings. The topological polar surface area (TPSA) is 101 Å². The van der Waals surface area contributed by atoms with E-state index in [-0.39, 0.29) is 11.9 Å². The normalized spacial score (nSPS) is 10.7. The molecule has 0 saturated heterocycles. The second kappa shape index (κ2) is 10.1. The molecule has 8 heteroatoms. The Morgan fingerprint density at radius 3 is 2.14 bits per heavy atom. The Bertz CT molecular complexity index is 1510. The standard InChI is InChI=1S/C28H24N6O2/c1-29-28(36)32-22-14-12-21(13-15-22)31-27(35)23-16-25(20-10-6-3-7-11-20)33-26-24(23)17-30-34(26)18-19-8-4-2-5-9-19/h2-17H,18H2,1H3,(H,31,35)(H2,29,32,36). The molecule has 36 heavy (non-hydrogen) atoms. The maximum absolute atomic E-state index is 13.4. The predicted octanol–water partition coefficient (Wildman–Crippen LogP) is 5.15. The van der Waals surface area contributed by atoms with Gasteiger partial charge in [-0.2, -0.15) is 5.10 Å². The van der Waals surface area contributed by atoms with Crippen LogP contribution in [0.2, 0.25) is 0 Å². The molecule has 0 fully saturated rings. The highest BCUT2D eigenvalue weighted by Gasteiger charge is 2.18. The van der Waals surface area contributed by atoms with E-state index in [0.717, 1.165) is 11.1 Å². The molecule has 8 nitrogen and oxygen atoms in total. The number of fused-ring (bicyclic) bond motifs is 1. The van der Waals surface area contributed by atoms with Gasteiger partial charge in [0, 0.05) is 24.0 Å². The average Bonchev–Trinajstić information content (AvgIpc) is 3.32. The van der Waals surface area contributed by atoms with Crippen LogP contribution in [0.3, 0.4) is 0 Å². The summed E-state index contributed by atoms with van der Waals surface area (Å²) in [7, 11) is 1.55. The van der Waals surface area contributed by atoms with Crippen molar-refractivity contribution in [2.45, 2.75) is 6.54 Å². The van der Waals surface area contributed by atoms with Gasteiger partial charge in [-0.15, -0.1) is 0 Å². The second-order valence-corrected chi connectivity index (χ2v) is 8.18. The summed E-state index contributed by atoms with van der Waals surface area (Å²) >= 11 is 0. The highest BCUT2D eigenvalue weighted by Crippen LogP contribution is 2.26. The van der Waals surface area contributed by atoms with Crippen LogP contribution in [0.1, 0.15) is 15.9 Å². The molecule has 178 valence electrons. The van der Waals surface area contributed by atoms with Crippen LogP contribution in [-0.4, -0.2) is 33.8 Å². The number of carbonyl (C=O) groups is 2. The van der Waals surface area contributed by atoms with E-state index in [2.05, 4.69) is 21.0 Å². The summed E-state index contributed by atoms with van der Waals surface area (Å²) in [5.74, 6) is -0.272. The van der Waals surface area contributed by atoms with Crippen LogP contribution in [-0.2, 0) is 6.54 Å². The largest absolute Gasteiger partial charge is 0.341 e. The van der Waals surface area contributed by atoms with Crippen LogP contribution in [0.4, 0.5) is 16.2 Å². The van der Waals surface area contributed by atoms with Gasteiger partial charge in [0.15, 0.2) is 5.65 Å². The van der Waals surface area contributed by atoms with Crippen molar-refractivity contribution in [1.82, 2.24) is 20.1 Å². The molecular formula is C28H24N6O2. The van der Waals surface area contributed by atoms with Crippen molar-refractivity contribution in [3.8, 4) is 11.3 Å². The van der Waals surface area contributed by atoms with E-state index >= 15 is 0 Å². The lowest BCUT2D eigenvalue weighted by molar-refractivity contribution is 0.102. The number of aromatic nitrogens is 3. The van der Waals surface area contributed by atoms with E-state index in [9.17, 15) is 9.59 Å². The van der Waals surface area contributed by atoms with Crippen molar-refractivity contribution in [3.05, 3.63) is 108 Å². The third-order valence-electron chi connectivity index (χ3n) is 5.73. The Balaban J connectivity index is 1.50. The zero-order valence-electron chi connectivity index (χ0n) is 19.6. The van der Waals surface area contributed by atoms with Crippen molar-refractivity contribution in [3.63, 3.8) is 0 Å². The van der Waals surface area contributed by atoms with Crippen LogP contribution in [0.25, 0.3) is 22.3 Å². The van der Waals surface area contributed by atoms with Gasteiger partial charge in [-0.05, 0) is 35.9 Å². The number of nitrogens with zero attached hydrogens (tertiary/aromatic N) is 3. The zero-order valence-corrected chi connectivity index (χ0v) is 19.6. The first kappa shape index (κ1) is 22.8. The third kappa shape index (κ3) is 4.92. The quantitative estimate of drug-likeness (QED) is 0.315. The highest BCUT2D eigenvalue weighted by molar-refractivity contribution is 6.12. The molecule has 3 aromatic carbocycles. The lowest BCUT2D eigenvalue weighted by Gasteiger charge is -2.11. The number of anilines is 2. The van der Waals surface area contributed by atoms with E-state index in [4.69, 9.17) is 4.98 Å². The first-order chi connectivity index (χ1) is 17.6. The summed E-state index contributed by atoms with van der Waals surface area (Å²) in [5.41, 5.74) is 5.02. The molecule has 2 heterocycles. The van der Waals surface area contributed by atoms with Gasteiger partial charge in [-0.25, -0.2) is 14.5 Å². The van der Waals surface area contributed by atoms with E-state index < -0.39 is 0 Å². The van der Waals surface area contributed by atoms with Crippen LogP contribution < -0.4 is 16.0 Å². The molecule has 0 aliphatic carbocycles. The molecule has 0 radical (unpaired) electrons. The maximum atomic E-state index is 13.4. The lowest BCUT2D eigenvalue weighted by atomic mass is 10.1. The molecule has 0 spiro atoms. The van der Waals surface area contributed by atoms with Crippen molar-refractivity contribution >= 4 is 34.3 Å². The van der Waals surface area contributed by atoms with E-state index in [1.807, 2.05) is 65.3 Å². The summed E-state index contributed by atoms with van der Waals surface area (Å²) in [5, 5.41) is 13.4. The Hall–Kier alpha value is -4.98. The number of hydrogen-bond donors (Lipinski definition) is 3. The zero-order chi connectivity index (χ0) is 24.9. The van der Waals surface area contributed by atoms with Crippen LogP contribution in [0.15, 0.2) is 97.2 Å². The Morgan fingerprint density at radius 2 is 1.47 bits per heavy atom. The molecule has 0 aliphatic heterocycles. The van der Waals surface area contributed by atoms with Gasteiger partial charge in [0.1, 0.15) is 0 Å². The smallest absolute Gasteiger partial charge is 0.318 e. The Morgan fingerprint density at radius 1 is 0.833 bits per heavy atom. The Labute approximate surface area is 208 Å². The van der Waals surface area contributed by atoms with E-state index in [1.54, 1.807) is 43.6 Å². The van der Waals surface area contributed by atoms with Gasteiger partial charge in [0.05, 0.1) is 29.4 Å². The van der Waals surface area contributed by atoms with Crippen molar-refractivity contribution in [2.75, 3.05) is 17.7 Å². The summed E-state index contributed by atoms with van der Waals surface area (Å²) in [4.78, 5) is 29.8. The number of rotatable bonds is 6. The number of urea groups is 1. The number of carbonyl (C=O) groups excluding carboxylic acids is 2. The van der Waals surface area contributed by atoms with E-state index in [0.29, 0.717) is 40.2 Å². The molecule has 0 unspecified atom stereocenters. The molecule has 0 saturated carbocycles. The highest BCUT2D eigenvalue weighted by atomic mass is 16.2. The number of benzene rings is 3. The first-order valence-electron chi connectivity index (χ1n) is 11.5. The molecule has 5 rings (SSSR count). The van der Waals surface area contributed by atoms with Crippen molar-refractivity contribution in [2.24, 2.45) is 0 Å². The van der Waals surface area contributed by atoms with Gasteiger partial charge in [0.2, 0.25) is 0 Å². The fourth-order valence-electron chi connectivity index (χ4n) is 3.89. The number of pyridine rings is 1. The van der Waals surface area contributed by atoms with E-state index in [1.165, 1.54) is 0 Å². The monoisotopic (exact) mass is 476 g/mol. The minimum atomic E-state index is -0.313. The van der Waals surface area contributed by atoms with Crippen LogP contribution in [0.5, 0.6) is 0 Å². The first-order valence-corrected chi connectivity index (χ1v) is 11.5. The summed E-state index contributed by atoms with van der Waals surface area (Å²) in [6.07, 6.45) is 1.69. The van der Waals surface area contributed by atoms with Gasteiger partial charge in [-0.1, -0.05) is 60.7 Å². The minimum absolute atomic E-state index is 0.272.